The van der Waals surface area contributed by atoms with Gasteiger partial charge in [0.05, 0.1) is 6.04 Å². The SMILES string of the molecule is O=c1[nH]c(N[C@@H]2CNC[C@@H]2F)nn2ccc(-c3cnc4nccn4c3)c12. The summed E-state index contributed by atoms with van der Waals surface area (Å²) >= 11 is 0. The number of aromatic nitrogens is 6. The van der Waals surface area contributed by atoms with Crippen LogP contribution in [-0.2, 0) is 0 Å². The molecule has 0 spiro atoms. The Balaban J connectivity index is 1.57. The molecule has 5 heterocycles. The van der Waals surface area contributed by atoms with E-state index < -0.39 is 12.2 Å². The van der Waals surface area contributed by atoms with Gasteiger partial charge in [-0.25, -0.2) is 18.9 Å². The van der Waals surface area contributed by atoms with Gasteiger partial charge in [-0.15, -0.1) is 5.10 Å². The van der Waals surface area contributed by atoms with Crippen molar-refractivity contribution in [2.75, 3.05) is 18.4 Å². The molecule has 4 aromatic heterocycles. The van der Waals surface area contributed by atoms with E-state index in [0.717, 1.165) is 5.56 Å². The minimum atomic E-state index is -1.02. The summed E-state index contributed by atoms with van der Waals surface area (Å²) in [5.41, 5.74) is 1.57. The number of nitrogens with zero attached hydrogens (tertiary/aromatic N) is 5. The summed E-state index contributed by atoms with van der Waals surface area (Å²) in [4.78, 5) is 23.7. The van der Waals surface area contributed by atoms with Crippen LogP contribution in [0.25, 0.3) is 22.4 Å². The molecular weight excluding hydrogens is 339 g/mol. The summed E-state index contributed by atoms with van der Waals surface area (Å²) < 4.78 is 17.0. The lowest BCUT2D eigenvalue weighted by molar-refractivity contribution is 0.341. The Morgan fingerprint density at radius 1 is 1.27 bits per heavy atom. The predicted molar refractivity (Wildman–Crippen MR) is 93.0 cm³/mol. The van der Waals surface area contributed by atoms with Gasteiger partial charge in [0.25, 0.3) is 5.56 Å². The predicted octanol–water partition coefficient (Wildman–Crippen LogP) is 0.454. The van der Waals surface area contributed by atoms with Crippen molar-refractivity contribution < 1.29 is 4.39 Å². The van der Waals surface area contributed by atoms with Gasteiger partial charge >= 0.3 is 0 Å². The molecule has 5 rings (SSSR count). The van der Waals surface area contributed by atoms with Crippen LogP contribution in [0.1, 0.15) is 0 Å². The molecule has 0 radical (unpaired) electrons. The quantitative estimate of drug-likeness (QED) is 0.494. The summed E-state index contributed by atoms with van der Waals surface area (Å²) in [5, 5.41) is 10.2. The van der Waals surface area contributed by atoms with Crippen LogP contribution in [0.4, 0.5) is 10.3 Å². The average molecular weight is 354 g/mol. The fraction of sp³-hybridized carbons (Fsp3) is 0.250. The molecule has 1 aliphatic rings. The van der Waals surface area contributed by atoms with Gasteiger partial charge in [-0.1, -0.05) is 0 Å². The number of H-pyrrole nitrogens is 1. The van der Waals surface area contributed by atoms with Crippen molar-refractivity contribution in [2.45, 2.75) is 12.2 Å². The normalized spacial score (nSPS) is 20.2. The summed E-state index contributed by atoms with van der Waals surface area (Å²) in [6, 6.07) is 1.38. The number of aromatic amines is 1. The Labute approximate surface area is 145 Å². The lowest BCUT2D eigenvalue weighted by atomic mass is 10.1. The molecule has 3 N–H and O–H groups in total. The van der Waals surface area contributed by atoms with Gasteiger partial charge in [0.15, 0.2) is 0 Å². The second-order valence-corrected chi connectivity index (χ2v) is 6.23. The maximum absolute atomic E-state index is 13.7. The van der Waals surface area contributed by atoms with Crippen molar-refractivity contribution in [1.82, 2.24) is 34.3 Å². The Morgan fingerprint density at radius 2 is 2.19 bits per heavy atom. The standard InChI is InChI=1S/C16H15FN8O/c17-11-6-18-7-12(11)21-15-22-14(26)13-10(1-3-25(13)23-15)9-5-20-16-19-2-4-24(16)8-9/h1-5,8,11-12,18H,6-7H2,(H2,21,22,23,26)/t11-,12+/m0/s1. The first-order valence-corrected chi connectivity index (χ1v) is 8.21. The van der Waals surface area contributed by atoms with Crippen molar-refractivity contribution >= 4 is 17.2 Å². The van der Waals surface area contributed by atoms with Crippen LogP contribution in [-0.4, -0.2) is 54.3 Å². The van der Waals surface area contributed by atoms with Crippen LogP contribution in [0.2, 0.25) is 0 Å². The second-order valence-electron chi connectivity index (χ2n) is 6.23. The Kier molecular flexibility index (Phi) is 3.25. The number of halogens is 1. The van der Waals surface area contributed by atoms with E-state index >= 15 is 0 Å². The van der Waals surface area contributed by atoms with Crippen LogP contribution >= 0.6 is 0 Å². The minimum Gasteiger partial charge on any atom is -0.347 e. The zero-order valence-electron chi connectivity index (χ0n) is 13.6. The molecule has 132 valence electrons. The molecule has 2 atom stereocenters. The molecule has 0 saturated carbocycles. The molecule has 1 aliphatic heterocycles. The molecule has 0 amide bonds. The van der Waals surface area contributed by atoms with Crippen molar-refractivity contribution in [3.05, 3.63) is 47.4 Å². The van der Waals surface area contributed by atoms with Gasteiger partial charge < -0.3 is 10.6 Å². The first-order chi connectivity index (χ1) is 12.7. The molecule has 1 saturated heterocycles. The highest BCUT2D eigenvalue weighted by atomic mass is 19.1. The van der Waals surface area contributed by atoms with E-state index in [1.807, 2.05) is 6.20 Å². The number of anilines is 1. The molecule has 0 aromatic carbocycles. The first kappa shape index (κ1) is 15.0. The van der Waals surface area contributed by atoms with Crippen LogP contribution in [0.5, 0.6) is 0 Å². The van der Waals surface area contributed by atoms with E-state index in [4.69, 9.17) is 0 Å². The highest BCUT2D eigenvalue weighted by Gasteiger charge is 2.27. The smallest absolute Gasteiger partial charge is 0.277 e. The Bertz CT molecular complexity index is 1160. The number of nitrogens with one attached hydrogen (secondary N) is 3. The topological polar surface area (TPSA) is 104 Å². The highest BCUT2D eigenvalue weighted by molar-refractivity contribution is 5.79. The fourth-order valence-electron chi connectivity index (χ4n) is 3.25. The largest absolute Gasteiger partial charge is 0.347 e. The first-order valence-electron chi connectivity index (χ1n) is 8.21. The number of imidazole rings is 1. The zero-order chi connectivity index (χ0) is 17.7. The number of hydrogen-bond donors (Lipinski definition) is 3. The molecule has 0 unspecified atom stereocenters. The van der Waals surface area contributed by atoms with Gasteiger partial charge in [0, 0.05) is 55.2 Å². The van der Waals surface area contributed by atoms with Crippen LogP contribution in [0.3, 0.4) is 0 Å². The monoisotopic (exact) mass is 354 g/mol. The third-order valence-electron chi connectivity index (χ3n) is 4.54. The van der Waals surface area contributed by atoms with Crippen molar-refractivity contribution in [1.29, 1.82) is 0 Å². The Hall–Kier alpha value is -3.27. The molecule has 9 nitrogen and oxygen atoms in total. The van der Waals surface area contributed by atoms with E-state index in [1.54, 1.807) is 35.3 Å². The second kappa shape index (κ2) is 5.63. The van der Waals surface area contributed by atoms with Crippen molar-refractivity contribution in [3.8, 4) is 11.1 Å². The van der Waals surface area contributed by atoms with E-state index in [9.17, 15) is 9.18 Å². The summed E-state index contributed by atoms with van der Waals surface area (Å²) in [5.74, 6) is 0.825. The van der Waals surface area contributed by atoms with E-state index in [1.165, 1.54) is 4.52 Å². The molecule has 1 fully saturated rings. The van der Waals surface area contributed by atoms with Gasteiger partial charge in [0.2, 0.25) is 11.7 Å². The summed E-state index contributed by atoms with van der Waals surface area (Å²) in [6.45, 7) is 0.776. The maximum Gasteiger partial charge on any atom is 0.277 e. The molecule has 4 aromatic rings. The summed E-state index contributed by atoms with van der Waals surface area (Å²) in [6.07, 6.45) is 7.65. The number of hydrogen-bond acceptors (Lipinski definition) is 6. The lowest BCUT2D eigenvalue weighted by Crippen LogP contribution is -2.31. The van der Waals surface area contributed by atoms with Gasteiger partial charge in [0.1, 0.15) is 11.7 Å². The van der Waals surface area contributed by atoms with Crippen LogP contribution in [0, 0.1) is 0 Å². The van der Waals surface area contributed by atoms with Gasteiger partial charge in [-0.2, -0.15) is 0 Å². The average Bonchev–Trinajstić information content (AvgIpc) is 3.34. The zero-order valence-corrected chi connectivity index (χ0v) is 13.6. The number of rotatable bonds is 3. The van der Waals surface area contributed by atoms with Crippen LogP contribution < -0.4 is 16.2 Å². The molecule has 0 aliphatic carbocycles. The highest BCUT2D eigenvalue weighted by Crippen LogP contribution is 2.23. The molecular formula is C16H15FN8O. The van der Waals surface area contributed by atoms with E-state index in [2.05, 4.69) is 30.7 Å². The van der Waals surface area contributed by atoms with Gasteiger partial charge in [-0.05, 0) is 6.07 Å². The third-order valence-corrected chi connectivity index (χ3v) is 4.54. The third kappa shape index (κ3) is 2.34. The Morgan fingerprint density at radius 3 is 3.04 bits per heavy atom. The van der Waals surface area contributed by atoms with Crippen molar-refractivity contribution in [3.63, 3.8) is 0 Å². The molecule has 26 heavy (non-hydrogen) atoms. The molecule has 0 bridgehead atoms. The fourth-order valence-corrected chi connectivity index (χ4v) is 3.25. The van der Waals surface area contributed by atoms with Gasteiger partial charge in [-0.3, -0.25) is 14.2 Å². The van der Waals surface area contributed by atoms with E-state index in [-0.39, 0.29) is 11.5 Å². The van der Waals surface area contributed by atoms with E-state index in [0.29, 0.717) is 29.9 Å². The summed E-state index contributed by atoms with van der Waals surface area (Å²) in [7, 11) is 0. The van der Waals surface area contributed by atoms with Crippen LogP contribution in [0.15, 0.2) is 41.8 Å². The minimum absolute atomic E-state index is 0.240. The number of fused-ring (bicyclic) bond motifs is 2. The van der Waals surface area contributed by atoms with Crippen molar-refractivity contribution in [2.24, 2.45) is 0 Å². The maximum atomic E-state index is 13.7. The lowest BCUT2D eigenvalue weighted by Gasteiger charge is -2.14. The molecule has 10 heteroatoms. The number of alkyl halides is 1.